The first-order valence-corrected chi connectivity index (χ1v) is 8.36. The second-order valence-electron chi connectivity index (χ2n) is 3.95. The van der Waals surface area contributed by atoms with E-state index in [4.69, 9.17) is 11.6 Å². The normalized spacial score (nSPS) is 10.4. The summed E-state index contributed by atoms with van der Waals surface area (Å²) in [6, 6.07) is 9.04. The van der Waals surface area contributed by atoms with Gasteiger partial charge in [0.25, 0.3) is 5.91 Å². The molecule has 0 aliphatic carbocycles. The minimum atomic E-state index is -0.0483. The lowest BCUT2D eigenvalue weighted by Gasteiger charge is -2.05. The second-order valence-corrected chi connectivity index (χ2v) is 6.27. The van der Waals surface area contributed by atoms with Gasteiger partial charge in [-0.25, -0.2) is 0 Å². The van der Waals surface area contributed by atoms with E-state index < -0.39 is 0 Å². The van der Waals surface area contributed by atoms with E-state index in [1.54, 1.807) is 35.6 Å². The van der Waals surface area contributed by atoms with Gasteiger partial charge in [0.15, 0.2) is 0 Å². The van der Waals surface area contributed by atoms with Gasteiger partial charge in [0.2, 0.25) is 0 Å². The van der Waals surface area contributed by atoms with Gasteiger partial charge in [0.05, 0.1) is 0 Å². The first-order chi connectivity index (χ1) is 9.25. The molecule has 0 spiro atoms. The van der Waals surface area contributed by atoms with Crippen molar-refractivity contribution >= 4 is 40.6 Å². The fourth-order valence-electron chi connectivity index (χ4n) is 1.50. The highest BCUT2D eigenvalue weighted by Crippen LogP contribution is 2.14. The molecule has 19 heavy (non-hydrogen) atoms. The smallest absolute Gasteiger partial charge is 0.251 e. The molecule has 0 saturated carbocycles. The molecule has 0 bridgehead atoms. The van der Waals surface area contributed by atoms with Gasteiger partial charge in [0.1, 0.15) is 0 Å². The summed E-state index contributed by atoms with van der Waals surface area (Å²) in [5, 5.41) is 7.77. The van der Waals surface area contributed by atoms with Gasteiger partial charge >= 0.3 is 0 Å². The molecule has 100 valence electrons. The number of hydrogen-bond acceptors (Lipinski definition) is 3. The van der Waals surface area contributed by atoms with Crippen LogP contribution in [0.15, 0.2) is 41.1 Å². The van der Waals surface area contributed by atoms with Gasteiger partial charge < -0.3 is 5.32 Å². The third kappa shape index (κ3) is 4.90. The maximum atomic E-state index is 11.8. The van der Waals surface area contributed by atoms with Crippen LogP contribution >= 0.6 is 34.7 Å². The summed E-state index contributed by atoms with van der Waals surface area (Å²) in [4.78, 5) is 11.8. The van der Waals surface area contributed by atoms with Crippen molar-refractivity contribution in [3.8, 4) is 0 Å². The molecule has 5 heteroatoms. The van der Waals surface area contributed by atoms with E-state index in [1.165, 1.54) is 5.56 Å². The Kier molecular flexibility index (Phi) is 5.76. The molecular weight excluding hydrogens is 298 g/mol. The summed E-state index contributed by atoms with van der Waals surface area (Å²) in [5.41, 5.74) is 1.99. The van der Waals surface area contributed by atoms with Gasteiger partial charge in [-0.2, -0.15) is 23.1 Å². The Hall–Kier alpha value is -0.970. The molecule has 0 fully saturated rings. The van der Waals surface area contributed by atoms with E-state index in [-0.39, 0.29) is 5.91 Å². The second kappa shape index (κ2) is 7.58. The van der Waals surface area contributed by atoms with Crippen molar-refractivity contribution in [2.75, 3.05) is 12.3 Å². The molecule has 1 amide bonds. The molecule has 2 aromatic rings. The van der Waals surface area contributed by atoms with Crippen molar-refractivity contribution in [1.82, 2.24) is 5.32 Å². The van der Waals surface area contributed by atoms with Crippen LogP contribution in [0.5, 0.6) is 0 Å². The van der Waals surface area contributed by atoms with E-state index in [2.05, 4.69) is 22.1 Å². The van der Waals surface area contributed by atoms with Gasteiger partial charge in [-0.1, -0.05) is 11.6 Å². The molecule has 1 heterocycles. The number of halogens is 1. The number of benzene rings is 1. The molecule has 2 rings (SSSR count). The van der Waals surface area contributed by atoms with Crippen LogP contribution in [0, 0.1) is 0 Å². The van der Waals surface area contributed by atoms with E-state index in [0.29, 0.717) is 17.1 Å². The molecule has 2 nitrogen and oxygen atoms in total. The van der Waals surface area contributed by atoms with Crippen LogP contribution in [0.3, 0.4) is 0 Å². The van der Waals surface area contributed by atoms with Crippen LogP contribution in [0.1, 0.15) is 15.9 Å². The average molecular weight is 312 g/mol. The predicted molar refractivity (Wildman–Crippen MR) is 84.3 cm³/mol. The first-order valence-electron chi connectivity index (χ1n) is 5.88. The number of amides is 1. The Bertz CT molecular complexity index is 511. The molecular formula is C14H14ClNOS2. The zero-order valence-electron chi connectivity index (χ0n) is 10.3. The van der Waals surface area contributed by atoms with Crippen molar-refractivity contribution < 1.29 is 4.79 Å². The molecule has 0 saturated heterocycles. The largest absolute Gasteiger partial charge is 0.351 e. The van der Waals surface area contributed by atoms with Crippen molar-refractivity contribution in [1.29, 1.82) is 0 Å². The Labute approximate surface area is 126 Å². The van der Waals surface area contributed by atoms with Crippen LogP contribution in [0.2, 0.25) is 5.02 Å². The number of carbonyl (C=O) groups is 1. The van der Waals surface area contributed by atoms with Crippen molar-refractivity contribution in [3.05, 3.63) is 57.2 Å². The average Bonchev–Trinajstić information content (AvgIpc) is 2.92. The van der Waals surface area contributed by atoms with Crippen LogP contribution in [-0.4, -0.2) is 18.2 Å². The number of thioether (sulfide) groups is 1. The lowest BCUT2D eigenvalue weighted by Crippen LogP contribution is -2.25. The van der Waals surface area contributed by atoms with Gasteiger partial charge in [-0.3, -0.25) is 4.79 Å². The van der Waals surface area contributed by atoms with Crippen LogP contribution in [-0.2, 0) is 5.75 Å². The fraction of sp³-hybridized carbons (Fsp3) is 0.214. The molecule has 0 unspecified atom stereocenters. The number of carbonyl (C=O) groups excluding carboxylic acids is 1. The van der Waals surface area contributed by atoms with Crippen LogP contribution in [0.4, 0.5) is 0 Å². The predicted octanol–water partition coefficient (Wildman–Crippen LogP) is 4.06. The summed E-state index contributed by atoms with van der Waals surface area (Å²) in [5.74, 6) is 1.86. The molecule has 1 aromatic carbocycles. The van der Waals surface area contributed by atoms with Crippen molar-refractivity contribution in [2.45, 2.75) is 5.75 Å². The summed E-state index contributed by atoms with van der Waals surface area (Å²) in [6.45, 7) is 0.677. The van der Waals surface area contributed by atoms with E-state index >= 15 is 0 Å². The maximum absolute atomic E-state index is 11.8. The Balaban J connectivity index is 1.65. The monoisotopic (exact) mass is 311 g/mol. The lowest BCUT2D eigenvalue weighted by atomic mass is 10.2. The topological polar surface area (TPSA) is 29.1 Å². The zero-order chi connectivity index (χ0) is 13.5. The van der Waals surface area contributed by atoms with Crippen LogP contribution < -0.4 is 5.32 Å². The quantitative estimate of drug-likeness (QED) is 0.815. The maximum Gasteiger partial charge on any atom is 0.251 e. The lowest BCUT2D eigenvalue weighted by molar-refractivity contribution is 0.0956. The summed E-state index contributed by atoms with van der Waals surface area (Å²) >= 11 is 9.31. The molecule has 0 radical (unpaired) electrons. The Morgan fingerprint density at radius 2 is 2.05 bits per heavy atom. The van der Waals surface area contributed by atoms with E-state index in [9.17, 15) is 4.79 Å². The van der Waals surface area contributed by atoms with E-state index in [0.717, 1.165) is 11.5 Å². The fourth-order valence-corrected chi connectivity index (χ4v) is 3.21. The number of rotatable bonds is 6. The van der Waals surface area contributed by atoms with Crippen LogP contribution in [0.25, 0.3) is 0 Å². The third-order valence-corrected chi connectivity index (χ3v) is 4.50. The molecule has 1 N–H and O–H groups in total. The first kappa shape index (κ1) is 14.4. The molecule has 1 aromatic heterocycles. The van der Waals surface area contributed by atoms with E-state index in [1.807, 2.05) is 11.8 Å². The number of hydrogen-bond donors (Lipinski definition) is 1. The molecule has 0 aliphatic rings. The summed E-state index contributed by atoms with van der Waals surface area (Å²) in [7, 11) is 0. The molecule has 0 aliphatic heterocycles. The minimum Gasteiger partial charge on any atom is -0.351 e. The van der Waals surface area contributed by atoms with Gasteiger partial charge in [-0.15, -0.1) is 0 Å². The summed E-state index contributed by atoms with van der Waals surface area (Å²) in [6.07, 6.45) is 0. The Morgan fingerprint density at radius 1 is 1.26 bits per heavy atom. The zero-order valence-corrected chi connectivity index (χ0v) is 12.7. The Morgan fingerprint density at radius 3 is 2.74 bits per heavy atom. The highest BCUT2D eigenvalue weighted by Gasteiger charge is 2.03. The highest BCUT2D eigenvalue weighted by atomic mass is 35.5. The van der Waals surface area contributed by atoms with Gasteiger partial charge in [-0.05, 0) is 46.7 Å². The summed E-state index contributed by atoms with van der Waals surface area (Å²) < 4.78 is 0. The number of nitrogens with one attached hydrogen (secondary N) is 1. The highest BCUT2D eigenvalue weighted by molar-refractivity contribution is 7.98. The SMILES string of the molecule is O=C(NCCSCc1ccsc1)c1ccc(Cl)cc1. The van der Waals surface area contributed by atoms with Gasteiger partial charge in [0, 0.05) is 28.6 Å². The number of thiophene rings is 1. The standard InChI is InChI=1S/C14H14ClNOS2/c15-13-3-1-12(2-4-13)14(17)16-6-8-19-10-11-5-7-18-9-11/h1-5,7,9H,6,8,10H2,(H,16,17). The minimum absolute atomic E-state index is 0.0483. The van der Waals surface area contributed by atoms with Crippen molar-refractivity contribution in [3.63, 3.8) is 0 Å². The third-order valence-electron chi connectivity index (χ3n) is 2.49. The van der Waals surface area contributed by atoms with Crippen molar-refractivity contribution in [2.24, 2.45) is 0 Å². The molecule has 0 atom stereocenters.